The van der Waals surface area contributed by atoms with Crippen molar-refractivity contribution in [1.82, 2.24) is 20.0 Å². The molecule has 0 fully saturated rings. The summed E-state index contributed by atoms with van der Waals surface area (Å²) in [6.07, 6.45) is 1.80. The average Bonchev–Trinajstić information content (AvgIpc) is 2.54. The Hall–Kier alpha value is -1.32. The molecular formula is C7H10N4. The molecule has 0 saturated carbocycles. The third-order valence-electron chi connectivity index (χ3n) is 1.83. The Morgan fingerprint density at radius 2 is 2.45 bits per heavy atom. The van der Waals surface area contributed by atoms with E-state index in [0.717, 1.165) is 23.3 Å². The molecule has 4 nitrogen and oxygen atoms in total. The number of hydrogen-bond donors (Lipinski definition) is 1. The normalized spacial score (nSPS) is 11.1. The molecule has 0 aromatic carbocycles. The first-order chi connectivity index (χ1) is 5.33. The Morgan fingerprint density at radius 3 is 3.18 bits per heavy atom. The smallest absolute Gasteiger partial charge is 0.106 e. The highest BCUT2D eigenvalue weighted by atomic mass is 15.3. The van der Waals surface area contributed by atoms with Crippen LogP contribution in [-0.4, -0.2) is 20.0 Å². The van der Waals surface area contributed by atoms with Gasteiger partial charge in [-0.25, -0.2) is 0 Å². The molecule has 0 saturated heterocycles. The predicted octanol–water partition coefficient (Wildman–Crippen LogP) is 1.09. The van der Waals surface area contributed by atoms with Crippen molar-refractivity contribution in [2.75, 3.05) is 0 Å². The molecule has 2 aromatic heterocycles. The Kier molecular flexibility index (Phi) is 1.21. The van der Waals surface area contributed by atoms with Crippen LogP contribution in [0.2, 0.25) is 0 Å². The molecule has 0 aliphatic rings. The van der Waals surface area contributed by atoms with Crippen molar-refractivity contribution in [3.63, 3.8) is 0 Å². The van der Waals surface area contributed by atoms with E-state index in [0.29, 0.717) is 0 Å². The van der Waals surface area contributed by atoms with Crippen molar-refractivity contribution in [3.05, 3.63) is 11.9 Å². The van der Waals surface area contributed by atoms with Gasteiger partial charge in [0.05, 0.1) is 11.9 Å². The van der Waals surface area contributed by atoms with Crippen LogP contribution in [0.1, 0.15) is 12.6 Å². The van der Waals surface area contributed by atoms with Crippen molar-refractivity contribution in [2.45, 2.75) is 20.4 Å². The summed E-state index contributed by atoms with van der Waals surface area (Å²) >= 11 is 0. The van der Waals surface area contributed by atoms with Crippen molar-refractivity contribution in [1.29, 1.82) is 0 Å². The molecule has 2 rings (SSSR count). The molecule has 0 atom stereocenters. The Morgan fingerprint density at radius 1 is 1.64 bits per heavy atom. The number of rotatable bonds is 1. The number of aromatic amines is 1. The Bertz CT molecular complexity index is 371. The molecule has 0 aliphatic carbocycles. The van der Waals surface area contributed by atoms with Gasteiger partial charge in [0.25, 0.3) is 0 Å². The average molecular weight is 150 g/mol. The van der Waals surface area contributed by atoms with E-state index in [1.165, 1.54) is 0 Å². The van der Waals surface area contributed by atoms with Crippen LogP contribution in [0.3, 0.4) is 0 Å². The van der Waals surface area contributed by atoms with Gasteiger partial charge < -0.3 is 0 Å². The van der Waals surface area contributed by atoms with Crippen molar-refractivity contribution in [2.24, 2.45) is 0 Å². The van der Waals surface area contributed by atoms with Crippen LogP contribution >= 0.6 is 0 Å². The van der Waals surface area contributed by atoms with E-state index in [1.54, 1.807) is 6.20 Å². The quantitative estimate of drug-likeness (QED) is 0.661. The lowest BCUT2D eigenvalue weighted by Crippen LogP contribution is -1.95. The number of fused-ring (bicyclic) bond motifs is 1. The minimum atomic E-state index is 0.893. The van der Waals surface area contributed by atoms with Gasteiger partial charge in [-0.1, -0.05) is 0 Å². The summed E-state index contributed by atoms with van der Waals surface area (Å²) in [5.74, 6) is 0. The standard InChI is InChI=1S/C7H10N4/c1-3-11-6-4-8-9-7(6)5(2)10-11/h4H,3H2,1-2H3,(H,8,9). The molecule has 0 radical (unpaired) electrons. The van der Waals surface area contributed by atoms with E-state index in [4.69, 9.17) is 0 Å². The molecule has 2 aromatic rings. The number of nitrogens with one attached hydrogen (secondary N) is 1. The summed E-state index contributed by atoms with van der Waals surface area (Å²) in [7, 11) is 0. The van der Waals surface area contributed by atoms with E-state index in [9.17, 15) is 0 Å². The lowest BCUT2D eigenvalue weighted by molar-refractivity contribution is 0.675. The Labute approximate surface area is 64.2 Å². The first kappa shape index (κ1) is 6.39. The molecule has 0 unspecified atom stereocenters. The van der Waals surface area contributed by atoms with Gasteiger partial charge in [0.1, 0.15) is 11.0 Å². The predicted molar refractivity (Wildman–Crippen MR) is 42.3 cm³/mol. The van der Waals surface area contributed by atoms with Gasteiger partial charge in [-0.05, 0) is 13.8 Å². The van der Waals surface area contributed by atoms with Crippen LogP contribution < -0.4 is 0 Å². The number of aromatic nitrogens is 4. The molecular weight excluding hydrogens is 140 g/mol. The first-order valence-corrected chi connectivity index (χ1v) is 3.69. The van der Waals surface area contributed by atoms with Gasteiger partial charge in [-0.15, -0.1) is 0 Å². The van der Waals surface area contributed by atoms with E-state index < -0.39 is 0 Å². The van der Waals surface area contributed by atoms with Gasteiger partial charge in [0, 0.05) is 6.54 Å². The van der Waals surface area contributed by atoms with E-state index in [1.807, 2.05) is 11.6 Å². The molecule has 4 heteroatoms. The monoisotopic (exact) mass is 150 g/mol. The van der Waals surface area contributed by atoms with Crippen LogP contribution in [0.4, 0.5) is 0 Å². The molecule has 0 bridgehead atoms. The first-order valence-electron chi connectivity index (χ1n) is 3.69. The van der Waals surface area contributed by atoms with Crippen molar-refractivity contribution in [3.8, 4) is 0 Å². The summed E-state index contributed by atoms with van der Waals surface area (Å²) < 4.78 is 1.94. The zero-order chi connectivity index (χ0) is 7.84. The second-order valence-electron chi connectivity index (χ2n) is 2.53. The fourth-order valence-corrected chi connectivity index (χ4v) is 1.27. The van der Waals surface area contributed by atoms with Gasteiger partial charge in [0.15, 0.2) is 0 Å². The molecule has 2 heterocycles. The van der Waals surface area contributed by atoms with E-state index >= 15 is 0 Å². The summed E-state index contributed by atoms with van der Waals surface area (Å²) in [6.45, 7) is 4.94. The van der Waals surface area contributed by atoms with Crippen LogP contribution in [0, 0.1) is 6.92 Å². The molecule has 11 heavy (non-hydrogen) atoms. The van der Waals surface area contributed by atoms with E-state index in [2.05, 4.69) is 22.2 Å². The zero-order valence-corrected chi connectivity index (χ0v) is 6.63. The second-order valence-corrected chi connectivity index (χ2v) is 2.53. The van der Waals surface area contributed by atoms with Gasteiger partial charge in [0.2, 0.25) is 0 Å². The van der Waals surface area contributed by atoms with Crippen molar-refractivity contribution < 1.29 is 0 Å². The minimum absolute atomic E-state index is 0.893. The van der Waals surface area contributed by atoms with Crippen molar-refractivity contribution >= 4 is 11.0 Å². The van der Waals surface area contributed by atoms with Crippen LogP contribution in [0.25, 0.3) is 11.0 Å². The second kappa shape index (κ2) is 2.08. The molecule has 0 aliphatic heterocycles. The highest BCUT2D eigenvalue weighted by Crippen LogP contribution is 2.13. The van der Waals surface area contributed by atoms with Crippen LogP contribution in [0.5, 0.6) is 0 Å². The number of aryl methyl sites for hydroxylation is 2. The summed E-state index contributed by atoms with van der Waals surface area (Å²) in [6, 6.07) is 0. The van der Waals surface area contributed by atoms with Crippen LogP contribution in [-0.2, 0) is 6.54 Å². The number of H-pyrrole nitrogens is 1. The lowest BCUT2D eigenvalue weighted by Gasteiger charge is -1.91. The molecule has 1 N–H and O–H groups in total. The summed E-state index contributed by atoms with van der Waals surface area (Å²) in [5, 5.41) is 11.2. The van der Waals surface area contributed by atoms with E-state index in [-0.39, 0.29) is 0 Å². The van der Waals surface area contributed by atoms with Gasteiger partial charge in [-0.2, -0.15) is 10.2 Å². The largest absolute Gasteiger partial charge is 0.274 e. The minimum Gasteiger partial charge on any atom is -0.274 e. The lowest BCUT2D eigenvalue weighted by atomic mass is 10.4. The third kappa shape index (κ3) is 0.753. The van der Waals surface area contributed by atoms with Gasteiger partial charge >= 0.3 is 0 Å². The highest BCUT2D eigenvalue weighted by Gasteiger charge is 2.05. The molecule has 58 valence electrons. The SMILES string of the molecule is CCn1nc(C)c2[nH]ncc21. The fraction of sp³-hybridized carbons (Fsp3) is 0.429. The highest BCUT2D eigenvalue weighted by molar-refractivity contribution is 5.76. The summed E-state index contributed by atoms with van der Waals surface area (Å²) in [4.78, 5) is 0. The maximum Gasteiger partial charge on any atom is 0.106 e. The van der Waals surface area contributed by atoms with Gasteiger partial charge in [-0.3, -0.25) is 9.78 Å². The maximum absolute atomic E-state index is 4.31. The summed E-state index contributed by atoms with van der Waals surface area (Å²) in [5.41, 5.74) is 3.15. The number of nitrogens with zero attached hydrogens (tertiary/aromatic N) is 3. The fourth-order valence-electron chi connectivity index (χ4n) is 1.27. The topological polar surface area (TPSA) is 46.5 Å². The zero-order valence-electron chi connectivity index (χ0n) is 6.63. The molecule has 0 amide bonds. The molecule has 0 spiro atoms. The number of hydrogen-bond acceptors (Lipinski definition) is 2. The third-order valence-corrected chi connectivity index (χ3v) is 1.83. The Balaban J connectivity index is 2.80. The van der Waals surface area contributed by atoms with Crippen LogP contribution in [0.15, 0.2) is 6.20 Å². The maximum atomic E-state index is 4.31.